The summed E-state index contributed by atoms with van der Waals surface area (Å²) in [6.07, 6.45) is 5.53. The van der Waals surface area contributed by atoms with Crippen LogP contribution in [0.15, 0.2) is 12.3 Å². The Kier molecular flexibility index (Phi) is 4.55. The Morgan fingerprint density at radius 3 is 2.53 bits per heavy atom. The first-order valence-electron chi connectivity index (χ1n) is 6.34. The highest BCUT2D eigenvalue weighted by Crippen LogP contribution is 2.27. The summed E-state index contributed by atoms with van der Waals surface area (Å²) in [6.45, 7) is 0. The van der Waals surface area contributed by atoms with Gasteiger partial charge in [-0.1, -0.05) is 11.6 Å². The van der Waals surface area contributed by atoms with E-state index in [4.69, 9.17) is 11.6 Å². The molecule has 19 heavy (non-hydrogen) atoms. The number of hydrogen-bond acceptors (Lipinski definition) is 5. The lowest BCUT2D eigenvalue weighted by atomic mass is 9.91. The van der Waals surface area contributed by atoms with Crippen molar-refractivity contribution < 1.29 is 4.92 Å². The van der Waals surface area contributed by atoms with E-state index in [1.54, 1.807) is 0 Å². The number of aromatic nitrogens is 1. The summed E-state index contributed by atoms with van der Waals surface area (Å²) in [4.78, 5) is 14.1. The van der Waals surface area contributed by atoms with Gasteiger partial charge >= 0.3 is 0 Å². The fraction of sp³-hybridized carbons (Fsp3) is 0.583. The van der Waals surface area contributed by atoms with Crippen LogP contribution in [0.5, 0.6) is 0 Å². The molecular weight excluding hydrogens is 268 g/mol. The second-order valence-corrected chi connectivity index (χ2v) is 5.17. The van der Waals surface area contributed by atoms with Crippen molar-refractivity contribution in [2.45, 2.75) is 37.8 Å². The maximum atomic E-state index is 10.6. The first-order valence-corrected chi connectivity index (χ1v) is 6.71. The van der Waals surface area contributed by atoms with Crippen molar-refractivity contribution in [3.8, 4) is 0 Å². The zero-order valence-electron chi connectivity index (χ0n) is 10.7. The van der Waals surface area contributed by atoms with Crippen LogP contribution in [0, 0.1) is 10.1 Å². The van der Waals surface area contributed by atoms with Crippen LogP contribution in [0.25, 0.3) is 0 Å². The minimum absolute atomic E-state index is 0.0885. The van der Waals surface area contributed by atoms with Gasteiger partial charge in [0.1, 0.15) is 12.0 Å². The Labute approximate surface area is 116 Å². The summed E-state index contributed by atoms with van der Waals surface area (Å²) in [5, 5.41) is 17.4. The molecule has 0 amide bonds. The van der Waals surface area contributed by atoms with Gasteiger partial charge in [-0.05, 0) is 32.7 Å². The third kappa shape index (κ3) is 3.54. The van der Waals surface area contributed by atoms with Crippen LogP contribution in [-0.2, 0) is 0 Å². The van der Waals surface area contributed by atoms with Gasteiger partial charge in [0.15, 0.2) is 0 Å². The van der Waals surface area contributed by atoms with Gasteiger partial charge in [0, 0.05) is 18.2 Å². The molecule has 0 aliphatic heterocycles. The van der Waals surface area contributed by atoms with E-state index in [1.807, 2.05) is 7.05 Å². The molecule has 1 aliphatic carbocycles. The Morgan fingerprint density at radius 2 is 2.00 bits per heavy atom. The second kappa shape index (κ2) is 6.16. The summed E-state index contributed by atoms with van der Waals surface area (Å²) in [5.41, 5.74) is -0.0885. The van der Waals surface area contributed by atoms with E-state index in [-0.39, 0.29) is 5.69 Å². The van der Waals surface area contributed by atoms with Crippen molar-refractivity contribution in [1.29, 1.82) is 0 Å². The molecule has 0 unspecified atom stereocenters. The number of pyridine rings is 1. The SMILES string of the molecule is CNC1CCC(Nc2ncc([N+](=O)[O-])cc2Cl)CC1. The van der Waals surface area contributed by atoms with Gasteiger partial charge in [-0.25, -0.2) is 4.98 Å². The molecule has 1 fully saturated rings. The van der Waals surface area contributed by atoms with Crippen LogP contribution in [0.2, 0.25) is 5.02 Å². The molecule has 2 N–H and O–H groups in total. The molecule has 0 spiro atoms. The zero-order valence-corrected chi connectivity index (χ0v) is 11.5. The highest BCUT2D eigenvalue weighted by molar-refractivity contribution is 6.33. The molecule has 104 valence electrons. The minimum atomic E-state index is -0.499. The second-order valence-electron chi connectivity index (χ2n) is 4.76. The summed E-state index contributed by atoms with van der Waals surface area (Å²) in [5.74, 6) is 0.528. The summed E-state index contributed by atoms with van der Waals surface area (Å²) in [6, 6.07) is 2.24. The number of rotatable bonds is 4. The molecule has 1 aromatic heterocycles. The van der Waals surface area contributed by atoms with Crippen molar-refractivity contribution in [2.24, 2.45) is 0 Å². The first-order chi connectivity index (χ1) is 9.10. The predicted molar refractivity (Wildman–Crippen MR) is 74.6 cm³/mol. The molecule has 2 rings (SSSR count). The highest BCUT2D eigenvalue weighted by Gasteiger charge is 2.21. The molecule has 1 saturated carbocycles. The van der Waals surface area contributed by atoms with Crippen molar-refractivity contribution >= 4 is 23.1 Å². The van der Waals surface area contributed by atoms with E-state index >= 15 is 0 Å². The molecule has 1 aromatic rings. The van der Waals surface area contributed by atoms with Gasteiger partial charge in [-0.2, -0.15) is 0 Å². The molecule has 1 aliphatic rings. The smallest absolute Gasteiger partial charge is 0.289 e. The van der Waals surface area contributed by atoms with Crippen LogP contribution < -0.4 is 10.6 Å². The largest absolute Gasteiger partial charge is 0.366 e. The highest BCUT2D eigenvalue weighted by atomic mass is 35.5. The third-order valence-electron chi connectivity index (χ3n) is 3.51. The van der Waals surface area contributed by atoms with E-state index in [9.17, 15) is 10.1 Å². The number of nitrogens with zero attached hydrogens (tertiary/aromatic N) is 2. The fourth-order valence-electron chi connectivity index (χ4n) is 2.35. The van der Waals surface area contributed by atoms with Gasteiger partial charge in [0.2, 0.25) is 0 Å². The van der Waals surface area contributed by atoms with Crippen molar-refractivity contribution in [3.63, 3.8) is 0 Å². The standard InChI is InChI=1S/C12H17ClN4O2/c1-14-8-2-4-9(5-3-8)16-12-11(13)6-10(7-15-12)17(18)19/h6-9,14H,2-5H2,1H3,(H,15,16). The van der Waals surface area contributed by atoms with Crippen molar-refractivity contribution in [1.82, 2.24) is 10.3 Å². The lowest BCUT2D eigenvalue weighted by Crippen LogP contribution is -2.35. The van der Waals surface area contributed by atoms with E-state index in [0.717, 1.165) is 25.7 Å². The number of nitro groups is 1. The van der Waals surface area contributed by atoms with E-state index in [2.05, 4.69) is 15.6 Å². The van der Waals surface area contributed by atoms with Crippen LogP contribution in [-0.4, -0.2) is 29.0 Å². The molecule has 0 radical (unpaired) electrons. The maximum Gasteiger partial charge on any atom is 0.289 e. The number of anilines is 1. The molecule has 7 heteroatoms. The molecule has 6 nitrogen and oxygen atoms in total. The van der Waals surface area contributed by atoms with E-state index < -0.39 is 4.92 Å². The quantitative estimate of drug-likeness (QED) is 0.656. The summed E-state index contributed by atoms with van der Waals surface area (Å²) >= 11 is 6.01. The van der Waals surface area contributed by atoms with E-state index in [1.165, 1.54) is 12.3 Å². The fourth-order valence-corrected chi connectivity index (χ4v) is 2.57. The molecular formula is C12H17ClN4O2. The van der Waals surface area contributed by atoms with Gasteiger partial charge in [-0.3, -0.25) is 10.1 Å². The van der Waals surface area contributed by atoms with Crippen molar-refractivity contribution in [2.75, 3.05) is 12.4 Å². The molecule has 0 atom stereocenters. The maximum absolute atomic E-state index is 10.6. The lowest BCUT2D eigenvalue weighted by molar-refractivity contribution is -0.385. The van der Waals surface area contributed by atoms with Gasteiger partial charge < -0.3 is 10.6 Å². The average molecular weight is 285 g/mol. The normalized spacial score (nSPS) is 23.1. The minimum Gasteiger partial charge on any atom is -0.366 e. The predicted octanol–water partition coefficient (Wildman–Crippen LogP) is 2.59. The van der Waals surface area contributed by atoms with Crippen LogP contribution in [0.3, 0.4) is 0 Å². The number of hydrogen-bond donors (Lipinski definition) is 2. The number of halogens is 1. The van der Waals surface area contributed by atoms with Gasteiger partial charge in [0.05, 0.1) is 9.95 Å². The monoisotopic (exact) mass is 284 g/mol. The molecule has 0 saturated heterocycles. The topological polar surface area (TPSA) is 80.1 Å². The first kappa shape index (κ1) is 14.0. The lowest BCUT2D eigenvalue weighted by Gasteiger charge is -2.29. The van der Waals surface area contributed by atoms with E-state index in [0.29, 0.717) is 22.9 Å². The Bertz CT molecular complexity index is 461. The Balaban J connectivity index is 1.98. The van der Waals surface area contributed by atoms with Crippen LogP contribution >= 0.6 is 11.6 Å². The molecule has 0 aromatic carbocycles. The third-order valence-corrected chi connectivity index (χ3v) is 3.80. The summed E-state index contributed by atoms with van der Waals surface area (Å²) in [7, 11) is 1.98. The molecule has 0 bridgehead atoms. The van der Waals surface area contributed by atoms with Gasteiger partial charge in [-0.15, -0.1) is 0 Å². The summed E-state index contributed by atoms with van der Waals surface area (Å²) < 4.78 is 0. The zero-order chi connectivity index (χ0) is 13.8. The van der Waals surface area contributed by atoms with Crippen LogP contribution in [0.1, 0.15) is 25.7 Å². The van der Waals surface area contributed by atoms with Crippen molar-refractivity contribution in [3.05, 3.63) is 27.4 Å². The van der Waals surface area contributed by atoms with Crippen LogP contribution in [0.4, 0.5) is 11.5 Å². The number of nitrogens with one attached hydrogen (secondary N) is 2. The van der Waals surface area contributed by atoms with Gasteiger partial charge in [0.25, 0.3) is 5.69 Å². The molecule has 1 heterocycles. The Morgan fingerprint density at radius 1 is 1.37 bits per heavy atom. The average Bonchev–Trinajstić information content (AvgIpc) is 2.41. The Hall–Kier alpha value is -1.40.